The van der Waals surface area contributed by atoms with Gasteiger partial charge in [0.15, 0.2) is 0 Å². The SMILES string of the molecule is CC(C)(C)N1OC2C=CC1C(O)C2. The van der Waals surface area contributed by atoms with Crippen LogP contribution in [0.2, 0.25) is 0 Å². The molecule has 0 aromatic carbocycles. The molecule has 2 heterocycles. The summed E-state index contributed by atoms with van der Waals surface area (Å²) in [5, 5.41) is 11.7. The Kier molecular flexibility index (Phi) is 1.98. The highest BCUT2D eigenvalue weighted by Crippen LogP contribution is 2.32. The monoisotopic (exact) mass is 183 g/mol. The first-order chi connectivity index (χ1) is 5.98. The third-order valence-electron chi connectivity index (χ3n) is 2.57. The molecule has 3 unspecified atom stereocenters. The highest BCUT2D eigenvalue weighted by atomic mass is 16.7. The summed E-state index contributed by atoms with van der Waals surface area (Å²) in [6, 6.07) is 0.0324. The number of hydrogen-bond acceptors (Lipinski definition) is 3. The number of rotatable bonds is 0. The van der Waals surface area contributed by atoms with Gasteiger partial charge >= 0.3 is 0 Å². The molecule has 74 valence electrons. The zero-order valence-electron chi connectivity index (χ0n) is 8.40. The van der Waals surface area contributed by atoms with Crippen LogP contribution >= 0.6 is 0 Å². The molecule has 3 heteroatoms. The van der Waals surface area contributed by atoms with Crippen LogP contribution in [-0.4, -0.2) is 34.0 Å². The Morgan fingerprint density at radius 1 is 1.38 bits per heavy atom. The van der Waals surface area contributed by atoms with Crippen molar-refractivity contribution in [1.82, 2.24) is 5.06 Å². The second-order valence-electron chi connectivity index (χ2n) is 4.82. The Morgan fingerprint density at radius 2 is 2.08 bits per heavy atom. The molecule has 3 rings (SSSR count). The third-order valence-corrected chi connectivity index (χ3v) is 2.57. The Morgan fingerprint density at radius 3 is 2.46 bits per heavy atom. The molecule has 0 aromatic rings. The second-order valence-corrected chi connectivity index (χ2v) is 4.82. The van der Waals surface area contributed by atoms with Crippen molar-refractivity contribution in [2.45, 2.75) is 51.0 Å². The van der Waals surface area contributed by atoms with E-state index in [1.54, 1.807) is 0 Å². The molecule has 1 saturated heterocycles. The van der Waals surface area contributed by atoms with E-state index in [9.17, 15) is 5.11 Å². The fourth-order valence-electron chi connectivity index (χ4n) is 1.96. The van der Waals surface area contributed by atoms with E-state index in [0.717, 1.165) is 6.42 Å². The summed E-state index contributed by atoms with van der Waals surface area (Å²) < 4.78 is 0. The molecule has 0 amide bonds. The number of hydrogen-bond donors (Lipinski definition) is 1. The number of hydroxylamine groups is 2. The van der Waals surface area contributed by atoms with E-state index in [1.807, 2.05) is 17.2 Å². The minimum atomic E-state index is -0.275. The maximum absolute atomic E-state index is 9.76. The molecule has 3 nitrogen and oxygen atoms in total. The van der Waals surface area contributed by atoms with Crippen LogP contribution in [0, 0.1) is 0 Å². The lowest BCUT2D eigenvalue weighted by Crippen LogP contribution is -2.59. The van der Waals surface area contributed by atoms with Crippen LogP contribution < -0.4 is 0 Å². The second kappa shape index (κ2) is 2.80. The van der Waals surface area contributed by atoms with E-state index < -0.39 is 0 Å². The van der Waals surface area contributed by atoms with Crippen LogP contribution in [0.5, 0.6) is 0 Å². The van der Waals surface area contributed by atoms with Gasteiger partial charge in [0.1, 0.15) is 6.10 Å². The average molecular weight is 183 g/mol. The van der Waals surface area contributed by atoms with E-state index in [0.29, 0.717) is 0 Å². The summed E-state index contributed by atoms with van der Waals surface area (Å²) in [5.74, 6) is 0. The Hall–Kier alpha value is -0.380. The highest BCUT2D eigenvalue weighted by molar-refractivity contribution is 5.11. The highest BCUT2D eigenvalue weighted by Gasteiger charge is 2.42. The van der Waals surface area contributed by atoms with Gasteiger partial charge in [-0.3, -0.25) is 4.84 Å². The molecule has 3 aliphatic rings. The lowest BCUT2D eigenvalue weighted by molar-refractivity contribution is -0.296. The van der Waals surface area contributed by atoms with Crippen molar-refractivity contribution in [3.05, 3.63) is 12.2 Å². The predicted molar refractivity (Wildman–Crippen MR) is 50.0 cm³/mol. The lowest BCUT2D eigenvalue weighted by Gasteiger charge is -2.49. The third kappa shape index (κ3) is 1.52. The van der Waals surface area contributed by atoms with E-state index in [1.165, 1.54) is 0 Å². The van der Waals surface area contributed by atoms with Crippen LogP contribution in [0.1, 0.15) is 27.2 Å². The van der Waals surface area contributed by atoms with Crippen LogP contribution in [0.3, 0.4) is 0 Å². The van der Waals surface area contributed by atoms with Crippen molar-refractivity contribution in [1.29, 1.82) is 0 Å². The molecule has 3 atom stereocenters. The molecule has 13 heavy (non-hydrogen) atoms. The minimum Gasteiger partial charge on any atom is -0.391 e. The lowest BCUT2D eigenvalue weighted by atomic mass is 9.92. The van der Waals surface area contributed by atoms with Gasteiger partial charge in [-0.2, -0.15) is 5.06 Å². The van der Waals surface area contributed by atoms with Crippen LogP contribution in [0.4, 0.5) is 0 Å². The largest absolute Gasteiger partial charge is 0.391 e. The quantitative estimate of drug-likeness (QED) is 0.571. The fourth-order valence-corrected chi connectivity index (χ4v) is 1.96. The van der Waals surface area contributed by atoms with Gasteiger partial charge in [0.25, 0.3) is 0 Å². The number of aliphatic hydroxyl groups is 1. The molecular weight excluding hydrogens is 166 g/mol. The Labute approximate surface area is 78.9 Å². The smallest absolute Gasteiger partial charge is 0.100 e. The molecule has 1 fully saturated rings. The molecule has 0 radical (unpaired) electrons. The van der Waals surface area contributed by atoms with Gasteiger partial charge in [-0.25, -0.2) is 0 Å². The van der Waals surface area contributed by atoms with Gasteiger partial charge in [-0.15, -0.1) is 0 Å². The van der Waals surface area contributed by atoms with Gasteiger partial charge in [-0.05, 0) is 20.8 Å². The summed E-state index contributed by atoms with van der Waals surface area (Å²) in [5.41, 5.74) is -0.0466. The van der Waals surface area contributed by atoms with Gasteiger partial charge < -0.3 is 5.11 Å². The molecule has 1 aliphatic carbocycles. The summed E-state index contributed by atoms with van der Waals surface area (Å²) in [6.07, 6.45) is 4.61. The molecule has 2 bridgehead atoms. The fraction of sp³-hybridized carbons (Fsp3) is 0.800. The maximum atomic E-state index is 9.76. The van der Waals surface area contributed by atoms with Gasteiger partial charge in [0, 0.05) is 12.0 Å². The molecule has 0 saturated carbocycles. The van der Waals surface area contributed by atoms with Crippen molar-refractivity contribution in [3.8, 4) is 0 Å². The molecule has 2 aliphatic heterocycles. The van der Waals surface area contributed by atoms with Crippen molar-refractivity contribution >= 4 is 0 Å². The predicted octanol–water partition coefficient (Wildman–Crippen LogP) is 1.09. The standard InChI is InChI=1S/C10H17NO2/c1-10(2,3)11-8-5-4-7(13-11)6-9(8)12/h4-5,7-9,12H,6H2,1-3H3. The number of fused-ring (bicyclic) bond motifs is 2. The van der Waals surface area contributed by atoms with E-state index >= 15 is 0 Å². The Bertz CT molecular complexity index is 232. The van der Waals surface area contributed by atoms with Crippen molar-refractivity contribution < 1.29 is 9.94 Å². The Balaban J connectivity index is 2.22. The summed E-state index contributed by atoms with van der Waals surface area (Å²) in [6.45, 7) is 6.27. The summed E-state index contributed by atoms with van der Waals surface area (Å²) in [4.78, 5) is 5.71. The first-order valence-electron chi connectivity index (χ1n) is 4.81. The van der Waals surface area contributed by atoms with E-state index in [2.05, 4.69) is 20.8 Å². The minimum absolute atomic E-state index is 0.0324. The van der Waals surface area contributed by atoms with E-state index in [4.69, 9.17) is 4.84 Å². The van der Waals surface area contributed by atoms with Gasteiger partial charge in [-0.1, -0.05) is 12.2 Å². The normalized spacial score (nSPS) is 39.8. The first kappa shape index (κ1) is 9.19. The van der Waals surface area contributed by atoms with Crippen LogP contribution in [-0.2, 0) is 4.84 Å². The zero-order valence-corrected chi connectivity index (χ0v) is 8.40. The molecule has 0 aromatic heterocycles. The molecule has 1 N–H and O–H groups in total. The van der Waals surface area contributed by atoms with Crippen molar-refractivity contribution in [2.75, 3.05) is 0 Å². The summed E-state index contributed by atoms with van der Waals surface area (Å²) in [7, 11) is 0. The van der Waals surface area contributed by atoms with Crippen LogP contribution in [0.25, 0.3) is 0 Å². The summed E-state index contributed by atoms with van der Waals surface area (Å²) >= 11 is 0. The molecule has 0 spiro atoms. The van der Waals surface area contributed by atoms with Gasteiger partial charge in [0.2, 0.25) is 0 Å². The number of aliphatic hydroxyl groups excluding tert-OH is 1. The zero-order chi connectivity index (χ0) is 9.64. The van der Waals surface area contributed by atoms with Crippen molar-refractivity contribution in [3.63, 3.8) is 0 Å². The first-order valence-corrected chi connectivity index (χ1v) is 4.81. The topological polar surface area (TPSA) is 32.7 Å². The van der Waals surface area contributed by atoms with Crippen LogP contribution in [0.15, 0.2) is 12.2 Å². The molecular formula is C10H17NO2. The number of nitrogens with zero attached hydrogens (tertiary/aromatic N) is 1. The average Bonchev–Trinajstić information content (AvgIpc) is 2.03. The maximum Gasteiger partial charge on any atom is 0.100 e. The van der Waals surface area contributed by atoms with Crippen molar-refractivity contribution in [2.24, 2.45) is 0 Å². The van der Waals surface area contributed by atoms with Gasteiger partial charge in [0.05, 0.1) is 12.1 Å². The van der Waals surface area contributed by atoms with E-state index in [-0.39, 0.29) is 23.8 Å².